The molecule has 4 rings (SSSR count). The summed E-state index contributed by atoms with van der Waals surface area (Å²) in [4.78, 5) is 12.9. The van der Waals surface area contributed by atoms with Crippen molar-refractivity contribution in [3.63, 3.8) is 0 Å². The molecular formula is C19H12ClNO2. The van der Waals surface area contributed by atoms with Gasteiger partial charge in [0, 0.05) is 5.02 Å². The largest absolute Gasteiger partial charge is 0.440 e. The van der Waals surface area contributed by atoms with Gasteiger partial charge in [0.1, 0.15) is 5.58 Å². The zero-order valence-corrected chi connectivity index (χ0v) is 12.8. The minimum absolute atomic E-state index is 0.112. The van der Waals surface area contributed by atoms with Crippen LogP contribution in [0.2, 0.25) is 5.02 Å². The molecule has 0 fully saturated rings. The Kier molecular flexibility index (Phi) is 3.10. The molecule has 0 aliphatic carbocycles. The molecule has 112 valence electrons. The number of rotatable bonds is 1. The highest BCUT2D eigenvalue weighted by atomic mass is 35.5. The third-order valence-corrected chi connectivity index (χ3v) is 4.17. The lowest BCUT2D eigenvalue weighted by molar-refractivity contribution is 0.627. The van der Waals surface area contributed by atoms with Crippen molar-refractivity contribution >= 4 is 39.2 Å². The van der Waals surface area contributed by atoms with E-state index >= 15 is 0 Å². The van der Waals surface area contributed by atoms with Gasteiger partial charge in [-0.3, -0.25) is 4.79 Å². The van der Waals surface area contributed by atoms with E-state index in [0.29, 0.717) is 21.6 Å². The zero-order valence-electron chi connectivity index (χ0n) is 12.0. The first-order valence-electron chi connectivity index (χ1n) is 7.15. The van der Waals surface area contributed by atoms with Gasteiger partial charge in [0.2, 0.25) is 11.3 Å². The van der Waals surface area contributed by atoms with Crippen LogP contribution in [0, 0.1) is 0 Å². The van der Waals surface area contributed by atoms with E-state index in [4.69, 9.17) is 21.8 Å². The number of halogens is 1. The van der Waals surface area contributed by atoms with E-state index in [-0.39, 0.29) is 11.3 Å². The quantitative estimate of drug-likeness (QED) is 0.545. The molecule has 3 nitrogen and oxygen atoms in total. The van der Waals surface area contributed by atoms with Crippen LogP contribution in [0.5, 0.6) is 0 Å². The first kappa shape index (κ1) is 13.9. The van der Waals surface area contributed by atoms with Gasteiger partial charge in [-0.25, -0.2) is 0 Å². The molecule has 0 atom stereocenters. The van der Waals surface area contributed by atoms with Gasteiger partial charge in [0.25, 0.3) is 0 Å². The molecule has 23 heavy (non-hydrogen) atoms. The first-order chi connectivity index (χ1) is 11.1. The molecule has 0 unspecified atom stereocenters. The van der Waals surface area contributed by atoms with E-state index in [1.165, 1.54) is 0 Å². The van der Waals surface area contributed by atoms with Gasteiger partial charge in [-0.05, 0) is 34.5 Å². The molecule has 0 aliphatic heterocycles. The summed E-state index contributed by atoms with van der Waals surface area (Å²) in [6, 6.07) is 18.6. The third kappa shape index (κ3) is 2.17. The number of nitrogens with two attached hydrogens (primary N) is 1. The molecule has 0 saturated heterocycles. The molecule has 3 aromatic carbocycles. The first-order valence-corrected chi connectivity index (χ1v) is 7.53. The summed E-state index contributed by atoms with van der Waals surface area (Å²) in [5.41, 5.74) is 7.43. The molecular weight excluding hydrogens is 310 g/mol. The molecule has 1 aromatic heterocycles. The average Bonchev–Trinajstić information content (AvgIpc) is 2.56. The van der Waals surface area contributed by atoms with Crippen molar-refractivity contribution in [1.82, 2.24) is 0 Å². The van der Waals surface area contributed by atoms with E-state index in [0.717, 1.165) is 16.3 Å². The van der Waals surface area contributed by atoms with Crippen LogP contribution in [-0.4, -0.2) is 0 Å². The molecule has 0 bridgehead atoms. The second-order valence-corrected chi connectivity index (χ2v) is 5.77. The van der Waals surface area contributed by atoms with Crippen molar-refractivity contribution in [3.05, 3.63) is 75.9 Å². The Morgan fingerprint density at radius 1 is 0.913 bits per heavy atom. The van der Waals surface area contributed by atoms with Crippen molar-refractivity contribution < 1.29 is 4.42 Å². The van der Waals surface area contributed by atoms with Gasteiger partial charge in [-0.15, -0.1) is 0 Å². The molecule has 2 N–H and O–H groups in total. The molecule has 4 aromatic rings. The smallest absolute Gasteiger partial charge is 0.202 e. The molecule has 0 saturated carbocycles. The Labute approximate surface area is 136 Å². The molecule has 4 heteroatoms. The fourth-order valence-corrected chi connectivity index (χ4v) is 3.06. The van der Waals surface area contributed by atoms with Crippen molar-refractivity contribution in [3.8, 4) is 11.1 Å². The number of fused-ring (bicyclic) bond motifs is 2. The van der Waals surface area contributed by atoms with Gasteiger partial charge in [-0.1, -0.05) is 54.1 Å². The van der Waals surface area contributed by atoms with Crippen LogP contribution in [0.3, 0.4) is 0 Å². The van der Waals surface area contributed by atoms with E-state index in [9.17, 15) is 4.79 Å². The number of hydrogen-bond donors (Lipinski definition) is 1. The average molecular weight is 322 g/mol. The second kappa shape index (κ2) is 5.14. The molecule has 1 heterocycles. The predicted molar refractivity (Wildman–Crippen MR) is 94.8 cm³/mol. The lowest BCUT2D eigenvalue weighted by Gasteiger charge is -2.09. The predicted octanol–water partition coefficient (Wildman–Crippen LogP) is 4.85. The van der Waals surface area contributed by atoms with Crippen LogP contribution < -0.4 is 11.2 Å². The fourth-order valence-electron chi connectivity index (χ4n) is 2.88. The maximum Gasteiger partial charge on any atom is 0.202 e. The van der Waals surface area contributed by atoms with E-state index in [2.05, 4.69) is 0 Å². The van der Waals surface area contributed by atoms with Gasteiger partial charge in [0.05, 0.1) is 10.9 Å². The van der Waals surface area contributed by atoms with Gasteiger partial charge >= 0.3 is 0 Å². The SMILES string of the molecule is Nc1oc2ccc(Cl)cc2c(=O)c1-c1cccc2ccccc12. The van der Waals surface area contributed by atoms with Crippen LogP contribution in [-0.2, 0) is 0 Å². The Bertz CT molecular complexity index is 1110. The van der Waals surface area contributed by atoms with Crippen LogP contribution in [0.25, 0.3) is 32.9 Å². The van der Waals surface area contributed by atoms with Crippen LogP contribution in [0.4, 0.5) is 5.88 Å². The van der Waals surface area contributed by atoms with Crippen LogP contribution in [0.15, 0.2) is 69.9 Å². The molecule has 0 radical (unpaired) electrons. The van der Waals surface area contributed by atoms with E-state index < -0.39 is 0 Å². The minimum Gasteiger partial charge on any atom is -0.440 e. The summed E-state index contributed by atoms with van der Waals surface area (Å²) < 4.78 is 5.65. The lowest BCUT2D eigenvalue weighted by atomic mass is 9.98. The summed E-state index contributed by atoms with van der Waals surface area (Å²) in [6.07, 6.45) is 0. The van der Waals surface area contributed by atoms with Crippen LogP contribution >= 0.6 is 11.6 Å². The maximum atomic E-state index is 12.9. The Morgan fingerprint density at radius 2 is 1.70 bits per heavy atom. The monoisotopic (exact) mass is 321 g/mol. The number of anilines is 1. The van der Waals surface area contributed by atoms with Gasteiger partial charge in [0.15, 0.2) is 0 Å². The molecule has 0 aliphatic rings. The van der Waals surface area contributed by atoms with Crippen molar-refractivity contribution in [1.29, 1.82) is 0 Å². The van der Waals surface area contributed by atoms with Crippen molar-refractivity contribution in [2.75, 3.05) is 5.73 Å². The topological polar surface area (TPSA) is 56.2 Å². The minimum atomic E-state index is -0.178. The number of hydrogen-bond acceptors (Lipinski definition) is 3. The highest BCUT2D eigenvalue weighted by molar-refractivity contribution is 6.31. The Morgan fingerprint density at radius 3 is 2.57 bits per heavy atom. The maximum absolute atomic E-state index is 12.9. The summed E-state index contributed by atoms with van der Waals surface area (Å²) in [5.74, 6) is 0.112. The molecule has 0 spiro atoms. The highest BCUT2D eigenvalue weighted by Gasteiger charge is 2.16. The Balaban J connectivity index is 2.15. The number of nitrogen functional groups attached to an aromatic ring is 1. The highest BCUT2D eigenvalue weighted by Crippen LogP contribution is 2.32. The summed E-state index contributed by atoms with van der Waals surface area (Å²) >= 11 is 6.01. The normalized spacial score (nSPS) is 11.2. The Hall–Kier alpha value is -2.78. The summed E-state index contributed by atoms with van der Waals surface area (Å²) in [5, 5.41) is 2.90. The summed E-state index contributed by atoms with van der Waals surface area (Å²) in [6.45, 7) is 0. The van der Waals surface area contributed by atoms with Gasteiger partial charge in [-0.2, -0.15) is 0 Å². The third-order valence-electron chi connectivity index (χ3n) is 3.94. The van der Waals surface area contributed by atoms with Crippen LogP contribution in [0.1, 0.15) is 0 Å². The second-order valence-electron chi connectivity index (χ2n) is 5.34. The molecule has 0 amide bonds. The van der Waals surface area contributed by atoms with E-state index in [1.807, 2.05) is 42.5 Å². The lowest BCUT2D eigenvalue weighted by Crippen LogP contribution is -2.09. The van der Waals surface area contributed by atoms with Crippen molar-refractivity contribution in [2.45, 2.75) is 0 Å². The number of benzene rings is 3. The standard InChI is InChI=1S/C19H12ClNO2/c20-12-8-9-16-15(10-12)18(22)17(19(21)23-16)14-7-3-5-11-4-1-2-6-13(11)14/h1-10H,21H2. The van der Waals surface area contributed by atoms with Gasteiger partial charge < -0.3 is 10.2 Å². The van der Waals surface area contributed by atoms with Crippen molar-refractivity contribution in [2.24, 2.45) is 0 Å². The summed E-state index contributed by atoms with van der Waals surface area (Å²) in [7, 11) is 0. The fraction of sp³-hybridized carbons (Fsp3) is 0. The zero-order chi connectivity index (χ0) is 16.0. The van der Waals surface area contributed by atoms with E-state index in [1.54, 1.807) is 18.2 Å².